The zero-order chi connectivity index (χ0) is 16.0. The van der Waals surface area contributed by atoms with Crippen LogP contribution < -0.4 is 10.6 Å². The van der Waals surface area contributed by atoms with Crippen LogP contribution in [0.3, 0.4) is 0 Å². The van der Waals surface area contributed by atoms with Crippen LogP contribution in [0.25, 0.3) is 0 Å². The minimum absolute atomic E-state index is 0.235. The molecule has 0 spiro atoms. The lowest BCUT2D eigenvalue weighted by molar-refractivity contribution is 0.0505. The molecule has 0 radical (unpaired) electrons. The van der Waals surface area contributed by atoms with Gasteiger partial charge in [0.2, 0.25) is 0 Å². The van der Waals surface area contributed by atoms with Crippen molar-refractivity contribution in [3.63, 3.8) is 0 Å². The maximum atomic E-state index is 11.7. The van der Waals surface area contributed by atoms with Gasteiger partial charge in [-0.2, -0.15) is 0 Å². The fraction of sp³-hybridized carbons (Fsp3) is 0.941. The molecule has 128 valence electrons. The molecule has 5 heteroatoms. The van der Waals surface area contributed by atoms with Crippen LogP contribution in [0.1, 0.15) is 59.3 Å². The van der Waals surface area contributed by atoms with Crippen molar-refractivity contribution in [2.45, 2.75) is 77.0 Å². The maximum absolute atomic E-state index is 11.7. The van der Waals surface area contributed by atoms with Crippen molar-refractivity contribution in [1.82, 2.24) is 10.6 Å². The number of ether oxygens (including phenoxy) is 2. The lowest BCUT2D eigenvalue weighted by Crippen LogP contribution is -2.39. The van der Waals surface area contributed by atoms with Crippen LogP contribution in [0.15, 0.2) is 0 Å². The summed E-state index contributed by atoms with van der Waals surface area (Å²) in [6.45, 7) is 8.46. The Morgan fingerprint density at radius 1 is 1.14 bits per heavy atom. The van der Waals surface area contributed by atoms with Gasteiger partial charge in [0.15, 0.2) is 0 Å². The van der Waals surface area contributed by atoms with E-state index in [4.69, 9.17) is 9.47 Å². The Hall–Kier alpha value is -0.810. The maximum Gasteiger partial charge on any atom is 0.407 e. The fourth-order valence-electron chi connectivity index (χ4n) is 2.79. The van der Waals surface area contributed by atoms with Gasteiger partial charge in [-0.1, -0.05) is 0 Å². The number of hydrogen-bond donors (Lipinski definition) is 2. The van der Waals surface area contributed by atoms with Crippen molar-refractivity contribution in [3.8, 4) is 0 Å². The third kappa shape index (κ3) is 7.45. The monoisotopic (exact) mass is 312 g/mol. The number of carbonyl (C=O) groups excluding carboxylic acids is 1. The molecule has 2 unspecified atom stereocenters. The minimum atomic E-state index is -0.430. The second-order valence-corrected chi connectivity index (χ2v) is 7.68. The third-order valence-electron chi connectivity index (χ3n) is 4.10. The van der Waals surface area contributed by atoms with Gasteiger partial charge in [0.05, 0.1) is 0 Å². The van der Waals surface area contributed by atoms with Crippen LogP contribution >= 0.6 is 0 Å². The van der Waals surface area contributed by atoms with Crippen molar-refractivity contribution < 1.29 is 14.3 Å². The highest BCUT2D eigenvalue weighted by Crippen LogP contribution is 2.28. The van der Waals surface area contributed by atoms with Gasteiger partial charge < -0.3 is 20.1 Å². The van der Waals surface area contributed by atoms with Gasteiger partial charge in [-0.15, -0.1) is 0 Å². The third-order valence-corrected chi connectivity index (χ3v) is 4.10. The molecule has 2 N–H and O–H groups in total. The number of carbonyl (C=O) groups is 1. The SMILES string of the molecule is CC(C)(C)OC(=O)NC1CCC(NCCCOCC2CC2)C1. The summed E-state index contributed by atoms with van der Waals surface area (Å²) in [6.07, 6.45) is 6.60. The first-order valence-corrected chi connectivity index (χ1v) is 8.73. The molecular weight excluding hydrogens is 280 g/mol. The fourth-order valence-corrected chi connectivity index (χ4v) is 2.79. The normalized spacial score (nSPS) is 25.2. The van der Waals surface area contributed by atoms with Crippen molar-refractivity contribution in [2.75, 3.05) is 19.8 Å². The van der Waals surface area contributed by atoms with E-state index in [9.17, 15) is 4.79 Å². The van der Waals surface area contributed by atoms with E-state index in [0.717, 1.165) is 51.4 Å². The van der Waals surface area contributed by atoms with E-state index < -0.39 is 5.60 Å². The van der Waals surface area contributed by atoms with Crippen molar-refractivity contribution in [1.29, 1.82) is 0 Å². The molecule has 2 aliphatic rings. The van der Waals surface area contributed by atoms with Gasteiger partial charge in [0, 0.05) is 25.3 Å². The highest BCUT2D eigenvalue weighted by atomic mass is 16.6. The summed E-state index contributed by atoms with van der Waals surface area (Å²) in [5.41, 5.74) is -0.430. The van der Waals surface area contributed by atoms with E-state index in [0.29, 0.717) is 6.04 Å². The highest BCUT2D eigenvalue weighted by Gasteiger charge is 2.27. The molecule has 22 heavy (non-hydrogen) atoms. The lowest BCUT2D eigenvalue weighted by atomic mass is 10.2. The van der Waals surface area contributed by atoms with E-state index in [-0.39, 0.29) is 12.1 Å². The number of rotatable bonds is 8. The summed E-state index contributed by atoms with van der Waals surface area (Å²) in [6, 6.07) is 0.738. The largest absolute Gasteiger partial charge is 0.444 e. The molecule has 0 bridgehead atoms. The second-order valence-electron chi connectivity index (χ2n) is 7.68. The van der Waals surface area contributed by atoms with Crippen molar-refractivity contribution >= 4 is 6.09 Å². The van der Waals surface area contributed by atoms with Gasteiger partial charge in [-0.05, 0) is 71.8 Å². The highest BCUT2D eigenvalue weighted by molar-refractivity contribution is 5.68. The van der Waals surface area contributed by atoms with Crippen LogP contribution in [0.5, 0.6) is 0 Å². The molecule has 2 aliphatic carbocycles. The smallest absolute Gasteiger partial charge is 0.407 e. The topological polar surface area (TPSA) is 59.6 Å². The van der Waals surface area contributed by atoms with Crippen LogP contribution in [-0.2, 0) is 9.47 Å². The Morgan fingerprint density at radius 2 is 1.86 bits per heavy atom. The molecule has 2 saturated carbocycles. The lowest BCUT2D eigenvalue weighted by Gasteiger charge is -2.21. The Kier molecular flexibility index (Phi) is 6.50. The second kappa shape index (κ2) is 8.16. The predicted octanol–water partition coefficient (Wildman–Crippen LogP) is 2.84. The van der Waals surface area contributed by atoms with Crippen LogP contribution in [0.4, 0.5) is 4.79 Å². The van der Waals surface area contributed by atoms with Gasteiger partial charge in [-0.3, -0.25) is 0 Å². The number of amides is 1. The first-order valence-electron chi connectivity index (χ1n) is 8.73. The Morgan fingerprint density at radius 3 is 2.55 bits per heavy atom. The average Bonchev–Trinajstić information content (AvgIpc) is 3.12. The summed E-state index contributed by atoms with van der Waals surface area (Å²) in [4.78, 5) is 11.7. The zero-order valence-corrected chi connectivity index (χ0v) is 14.3. The van der Waals surface area contributed by atoms with Gasteiger partial charge >= 0.3 is 6.09 Å². The van der Waals surface area contributed by atoms with E-state index in [1.807, 2.05) is 20.8 Å². The summed E-state index contributed by atoms with van der Waals surface area (Å²) >= 11 is 0. The number of alkyl carbamates (subject to hydrolysis) is 1. The molecule has 0 aromatic rings. The predicted molar refractivity (Wildman–Crippen MR) is 87.0 cm³/mol. The molecule has 5 nitrogen and oxygen atoms in total. The zero-order valence-electron chi connectivity index (χ0n) is 14.3. The van der Waals surface area contributed by atoms with E-state index in [1.165, 1.54) is 12.8 Å². The molecule has 0 aromatic carbocycles. The molecule has 2 rings (SSSR count). The summed E-state index contributed by atoms with van der Waals surface area (Å²) in [5.74, 6) is 0.850. The molecule has 2 atom stereocenters. The van der Waals surface area contributed by atoms with Gasteiger partial charge in [0.1, 0.15) is 5.60 Å². The first-order chi connectivity index (χ1) is 10.4. The molecule has 2 fully saturated rings. The van der Waals surface area contributed by atoms with E-state index >= 15 is 0 Å². The molecular formula is C17H32N2O3. The molecule has 1 amide bonds. The minimum Gasteiger partial charge on any atom is -0.444 e. The Bertz CT molecular complexity index is 350. The molecule has 0 aromatic heterocycles. The van der Waals surface area contributed by atoms with Crippen LogP contribution in [0, 0.1) is 5.92 Å². The number of nitrogens with one attached hydrogen (secondary N) is 2. The Labute approximate surface area is 134 Å². The Balaban J connectivity index is 1.48. The standard InChI is InChI=1S/C17H32N2O3/c1-17(2,3)22-16(20)19-15-8-7-14(11-15)18-9-4-10-21-12-13-5-6-13/h13-15,18H,4-12H2,1-3H3,(H,19,20). The van der Waals surface area contributed by atoms with Crippen LogP contribution in [-0.4, -0.2) is 43.5 Å². The summed E-state index contributed by atoms with van der Waals surface area (Å²) < 4.78 is 10.9. The van der Waals surface area contributed by atoms with Gasteiger partial charge in [0.25, 0.3) is 0 Å². The van der Waals surface area contributed by atoms with E-state index in [2.05, 4.69) is 10.6 Å². The molecule has 0 saturated heterocycles. The van der Waals surface area contributed by atoms with Crippen molar-refractivity contribution in [3.05, 3.63) is 0 Å². The van der Waals surface area contributed by atoms with Gasteiger partial charge in [-0.25, -0.2) is 4.79 Å². The number of hydrogen-bond acceptors (Lipinski definition) is 4. The van der Waals surface area contributed by atoms with Crippen LogP contribution in [0.2, 0.25) is 0 Å². The average molecular weight is 312 g/mol. The first kappa shape index (κ1) is 17.5. The quantitative estimate of drug-likeness (QED) is 0.677. The molecule has 0 aliphatic heterocycles. The summed E-state index contributed by atoms with van der Waals surface area (Å²) in [5, 5.41) is 6.53. The summed E-state index contributed by atoms with van der Waals surface area (Å²) in [7, 11) is 0. The van der Waals surface area contributed by atoms with Crippen molar-refractivity contribution in [2.24, 2.45) is 5.92 Å². The molecule has 0 heterocycles. The van der Waals surface area contributed by atoms with E-state index in [1.54, 1.807) is 0 Å².